The number of nitrogens with zero attached hydrogens (tertiary/aromatic N) is 1. The smallest absolute Gasteiger partial charge is 0.226 e. The molecule has 1 rings (SSSR count). The molecule has 0 aliphatic carbocycles. The third-order valence-corrected chi connectivity index (χ3v) is 2.76. The summed E-state index contributed by atoms with van der Waals surface area (Å²) in [6.45, 7) is 2.18. The van der Waals surface area contributed by atoms with E-state index in [1.807, 2.05) is 37.4 Å². The van der Waals surface area contributed by atoms with Crippen LogP contribution in [0.15, 0.2) is 30.3 Å². The van der Waals surface area contributed by atoms with Crippen molar-refractivity contribution in [2.45, 2.75) is 39.0 Å². The van der Waals surface area contributed by atoms with Gasteiger partial charge in [-0.2, -0.15) is 0 Å². The van der Waals surface area contributed by atoms with Gasteiger partial charge in [-0.05, 0) is 18.6 Å². The minimum Gasteiger partial charge on any atom is -0.316 e. The topological polar surface area (TPSA) is 20.3 Å². The molecule has 2 nitrogen and oxygen atoms in total. The standard InChI is InChI=1S/C14H21NO/c1-3-4-5-9-12-14(16)15(2)13-10-7-6-8-11-13/h6-8,10-11H,3-5,9,12H2,1-2H3. The van der Waals surface area contributed by atoms with Gasteiger partial charge >= 0.3 is 0 Å². The molecule has 0 spiro atoms. The number of carbonyl (C=O) groups is 1. The summed E-state index contributed by atoms with van der Waals surface area (Å²) in [6, 6.07) is 9.79. The molecule has 2 heteroatoms. The van der Waals surface area contributed by atoms with Crippen LogP contribution < -0.4 is 4.90 Å². The van der Waals surface area contributed by atoms with Gasteiger partial charge < -0.3 is 4.90 Å². The van der Waals surface area contributed by atoms with Crippen LogP contribution >= 0.6 is 0 Å². The largest absolute Gasteiger partial charge is 0.316 e. The predicted molar refractivity (Wildman–Crippen MR) is 68.6 cm³/mol. The van der Waals surface area contributed by atoms with E-state index >= 15 is 0 Å². The van der Waals surface area contributed by atoms with Crippen molar-refractivity contribution in [3.05, 3.63) is 30.3 Å². The minimum atomic E-state index is 0.210. The SMILES string of the molecule is CCCCCCC(=O)N(C)c1ccccc1. The Morgan fingerprint density at radius 3 is 2.44 bits per heavy atom. The Bertz CT molecular complexity index is 308. The summed E-state index contributed by atoms with van der Waals surface area (Å²) in [7, 11) is 1.84. The van der Waals surface area contributed by atoms with Crippen LogP contribution in [0.3, 0.4) is 0 Å². The zero-order chi connectivity index (χ0) is 11.8. The molecular weight excluding hydrogens is 198 g/mol. The molecule has 0 bridgehead atoms. The van der Waals surface area contributed by atoms with Gasteiger partial charge in [0.1, 0.15) is 0 Å². The van der Waals surface area contributed by atoms with Gasteiger partial charge in [0.15, 0.2) is 0 Å². The Kier molecular flexibility index (Phi) is 5.62. The summed E-state index contributed by atoms with van der Waals surface area (Å²) in [5.41, 5.74) is 0.975. The highest BCUT2D eigenvalue weighted by Gasteiger charge is 2.09. The van der Waals surface area contributed by atoms with Crippen molar-refractivity contribution < 1.29 is 4.79 Å². The molecule has 0 atom stereocenters. The minimum absolute atomic E-state index is 0.210. The lowest BCUT2D eigenvalue weighted by molar-refractivity contribution is -0.118. The van der Waals surface area contributed by atoms with E-state index in [1.165, 1.54) is 12.8 Å². The number of amides is 1. The normalized spacial score (nSPS) is 10.1. The third-order valence-electron chi connectivity index (χ3n) is 2.76. The van der Waals surface area contributed by atoms with Crippen molar-refractivity contribution in [3.8, 4) is 0 Å². The van der Waals surface area contributed by atoms with E-state index in [1.54, 1.807) is 4.90 Å². The van der Waals surface area contributed by atoms with E-state index in [4.69, 9.17) is 0 Å². The Morgan fingerprint density at radius 1 is 1.12 bits per heavy atom. The molecule has 0 radical (unpaired) electrons. The molecule has 0 saturated heterocycles. The van der Waals surface area contributed by atoms with Crippen LogP contribution in [-0.2, 0) is 4.79 Å². The van der Waals surface area contributed by atoms with Crippen molar-refractivity contribution in [3.63, 3.8) is 0 Å². The Morgan fingerprint density at radius 2 is 1.81 bits per heavy atom. The first kappa shape index (κ1) is 12.8. The van der Waals surface area contributed by atoms with Gasteiger partial charge in [-0.3, -0.25) is 4.79 Å². The van der Waals surface area contributed by atoms with Crippen LogP contribution in [0.5, 0.6) is 0 Å². The van der Waals surface area contributed by atoms with Crippen molar-refractivity contribution in [1.82, 2.24) is 0 Å². The average Bonchev–Trinajstić information content (AvgIpc) is 2.34. The summed E-state index contributed by atoms with van der Waals surface area (Å²) in [5.74, 6) is 0.210. The van der Waals surface area contributed by atoms with Crippen LogP contribution in [0.1, 0.15) is 39.0 Å². The fourth-order valence-corrected chi connectivity index (χ4v) is 1.67. The maximum atomic E-state index is 11.8. The van der Waals surface area contributed by atoms with Gasteiger partial charge in [0, 0.05) is 19.2 Å². The molecule has 0 saturated carbocycles. The lowest BCUT2D eigenvalue weighted by Crippen LogP contribution is -2.25. The van der Waals surface area contributed by atoms with Crippen molar-refractivity contribution in [2.24, 2.45) is 0 Å². The fraction of sp³-hybridized carbons (Fsp3) is 0.500. The molecule has 0 heterocycles. The number of carbonyl (C=O) groups excluding carboxylic acids is 1. The van der Waals surface area contributed by atoms with Gasteiger partial charge in [0.25, 0.3) is 0 Å². The lowest BCUT2D eigenvalue weighted by Gasteiger charge is -2.17. The summed E-state index contributed by atoms with van der Waals surface area (Å²) in [6.07, 6.45) is 5.26. The second-order valence-corrected chi connectivity index (χ2v) is 4.10. The Labute approximate surface area is 98.3 Å². The highest BCUT2D eigenvalue weighted by Crippen LogP contribution is 2.13. The van der Waals surface area contributed by atoms with Crippen molar-refractivity contribution in [2.75, 3.05) is 11.9 Å². The van der Waals surface area contributed by atoms with E-state index in [9.17, 15) is 4.79 Å². The summed E-state index contributed by atoms with van der Waals surface area (Å²) in [5, 5.41) is 0. The van der Waals surface area contributed by atoms with Gasteiger partial charge in [-0.1, -0.05) is 44.4 Å². The molecule has 1 aromatic carbocycles. The first-order chi connectivity index (χ1) is 7.75. The number of hydrogen-bond donors (Lipinski definition) is 0. The number of rotatable bonds is 6. The van der Waals surface area contributed by atoms with Gasteiger partial charge in [0.2, 0.25) is 5.91 Å². The maximum absolute atomic E-state index is 11.8. The molecule has 88 valence electrons. The fourth-order valence-electron chi connectivity index (χ4n) is 1.67. The first-order valence-electron chi connectivity index (χ1n) is 6.07. The number of benzene rings is 1. The third kappa shape index (κ3) is 4.05. The summed E-state index contributed by atoms with van der Waals surface area (Å²) in [4.78, 5) is 13.6. The molecular formula is C14H21NO. The Hall–Kier alpha value is -1.31. The molecule has 0 fully saturated rings. The van der Waals surface area contributed by atoms with Crippen LogP contribution in [0.4, 0.5) is 5.69 Å². The summed E-state index contributed by atoms with van der Waals surface area (Å²) < 4.78 is 0. The zero-order valence-corrected chi connectivity index (χ0v) is 10.3. The molecule has 0 unspecified atom stereocenters. The second-order valence-electron chi connectivity index (χ2n) is 4.10. The van der Waals surface area contributed by atoms with Gasteiger partial charge in [-0.15, -0.1) is 0 Å². The van der Waals surface area contributed by atoms with E-state index in [0.717, 1.165) is 18.5 Å². The van der Waals surface area contributed by atoms with Crippen LogP contribution in [-0.4, -0.2) is 13.0 Å². The highest BCUT2D eigenvalue weighted by atomic mass is 16.2. The lowest BCUT2D eigenvalue weighted by atomic mass is 10.1. The molecule has 0 N–H and O–H groups in total. The number of para-hydroxylation sites is 1. The van der Waals surface area contributed by atoms with Crippen LogP contribution in [0.25, 0.3) is 0 Å². The van der Waals surface area contributed by atoms with E-state index in [-0.39, 0.29) is 5.91 Å². The number of anilines is 1. The predicted octanol–water partition coefficient (Wildman–Crippen LogP) is 3.62. The molecule has 16 heavy (non-hydrogen) atoms. The van der Waals surface area contributed by atoms with Crippen molar-refractivity contribution >= 4 is 11.6 Å². The van der Waals surface area contributed by atoms with E-state index in [0.29, 0.717) is 6.42 Å². The van der Waals surface area contributed by atoms with Crippen LogP contribution in [0.2, 0.25) is 0 Å². The number of unbranched alkanes of at least 4 members (excludes halogenated alkanes) is 3. The average molecular weight is 219 g/mol. The first-order valence-corrected chi connectivity index (χ1v) is 6.07. The molecule has 0 aromatic heterocycles. The molecule has 0 aliphatic heterocycles. The second kappa shape index (κ2) is 7.04. The summed E-state index contributed by atoms with van der Waals surface area (Å²) >= 11 is 0. The molecule has 1 aromatic rings. The molecule has 0 aliphatic rings. The van der Waals surface area contributed by atoms with Crippen LogP contribution in [0, 0.1) is 0 Å². The van der Waals surface area contributed by atoms with E-state index < -0.39 is 0 Å². The quantitative estimate of drug-likeness (QED) is 0.669. The van der Waals surface area contributed by atoms with E-state index in [2.05, 4.69) is 6.92 Å². The highest BCUT2D eigenvalue weighted by molar-refractivity contribution is 5.92. The maximum Gasteiger partial charge on any atom is 0.226 e. The molecule has 1 amide bonds. The van der Waals surface area contributed by atoms with Gasteiger partial charge in [-0.25, -0.2) is 0 Å². The monoisotopic (exact) mass is 219 g/mol. The van der Waals surface area contributed by atoms with Gasteiger partial charge in [0.05, 0.1) is 0 Å². The number of hydrogen-bond acceptors (Lipinski definition) is 1. The van der Waals surface area contributed by atoms with Crippen molar-refractivity contribution in [1.29, 1.82) is 0 Å². The zero-order valence-electron chi connectivity index (χ0n) is 10.3. The Balaban J connectivity index is 2.37.